The first-order valence-electron chi connectivity index (χ1n) is 14.5. The first kappa shape index (κ1) is 30.1. The number of benzene rings is 3. The van der Waals surface area contributed by atoms with Gasteiger partial charge in [-0.05, 0) is 66.1 Å². The third kappa shape index (κ3) is 7.35. The third-order valence-corrected chi connectivity index (χ3v) is 8.60. The Morgan fingerprint density at radius 3 is 2.43 bits per heavy atom. The highest BCUT2D eigenvalue weighted by molar-refractivity contribution is 6.35. The summed E-state index contributed by atoms with van der Waals surface area (Å²) in [6, 6.07) is 23.9. The second-order valence-corrected chi connectivity index (χ2v) is 12.0. The number of rotatable bonds is 10. The van der Waals surface area contributed by atoms with Crippen LogP contribution in [0.15, 0.2) is 78.4 Å². The molecule has 1 unspecified atom stereocenters. The summed E-state index contributed by atoms with van der Waals surface area (Å²) >= 11 is 12.2. The summed E-state index contributed by atoms with van der Waals surface area (Å²) in [5, 5.41) is 4.73. The van der Waals surface area contributed by atoms with Crippen molar-refractivity contribution >= 4 is 40.6 Å². The molecule has 2 atom stereocenters. The van der Waals surface area contributed by atoms with Gasteiger partial charge in [0.1, 0.15) is 5.75 Å². The first-order valence-corrected chi connectivity index (χ1v) is 15.2. The number of hydrogen-bond acceptors (Lipinski definition) is 4. The van der Waals surface area contributed by atoms with E-state index in [1.165, 1.54) is 11.1 Å². The summed E-state index contributed by atoms with van der Waals surface area (Å²) in [6.07, 6.45) is 3.18. The number of carbonyl (C=O) groups is 2. The predicted octanol–water partition coefficient (Wildman–Crippen LogP) is 6.05. The number of hydrogen-bond donors (Lipinski definition) is 1. The normalized spacial score (nSPS) is 18.1. The molecule has 8 heteroatoms. The van der Waals surface area contributed by atoms with Crippen molar-refractivity contribution in [2.75, 3.05) is 33.3 Å². The van der Waals surface area contributed by atoms with E-state index < -0.39 is 0 Å². The largest absolute Gasteiger partial charge is 0.492 e. The Balaban J connectivity index is 1.30. The van der Waals surface area contributed by atoms with Gasteiger partial charge in [0.15, 0.2) is 0 Å². The number of amides is 2. The van der Waals surface area contributed by atoms with E-state index >= 15 is 0 Å². The fraction of sp³-hybridized carbons (Fsp3) is 0.353. The van der Waals surface area contributed by atoms with Crippen LogP contribution in [-0.4, -0.2) is 67.0 Å². The zero-order valence-electron chi connectivity index (χ0n) is 24.1. The molecule has 0 aromatic heterocycles. The van der Waals surface area contributed by atoms with Crippen molar-refractivity contribution in [1.82, 2.24) is 15.1 Å². The zero-order valence-corrected chi connectivity index (χ0v) is 25.6. The molecule has 3 aromatic rings. The molecular weight excluding hydrogens is 569 g/mol. The van der Waals surface area contributed by atoms with Crippen LogP contribution in [0.5, 0.6) is 5.75 Å². The Morgan fingerprint density at radius 2 is 1.71 bits per heavy atom. The SMILES string of the molecule is CC(=O)N1CC2CC(c3ccc(CCCOc4ccc(Cl)cc4Cl)cc3)=C(C(=O)N(C)CCc3ccccc3)[C@@H](C1)N2. The van der Waals surface area contributed by atoms with E-state index in [-0.39, 0.29) is 23.9 Å². The van der Waals surface area contributed by atoms with Gasteiger partial charge in [0, 0.05) is 50.2 Å². The van der Waals surface area contributed by atoms with Crippen molar-refractivity contribution in [3.8, 4) is 5.75 Å². The molecule has 0 radical (unpaired) electrons. The maximum Gasteiger partial charge on any atom is 0.251 e. The molecule has 5 rings (SSSR count). The van der Waals surface area contributed by atoms with Crippen molar-refractivity contribution in [3.63, 3.8) is 0 Å². The Labute approximate surface area is 258 Å². The topological polar surface area (TPSA) is 61.9 Å². The van der Waals surface area contributed by atoms with Crippen LogP contribution in [0.3, 0.4) is 0 Å². The molecule has 2 aliphatic rings. The Morgan fingerprint density at radius 1 is 0.976 bits per heavy atom. The third-order valence-electron chi connectivity index (χ3n) is 8.07. The molecule has 6 nitrogen and oxygen atoms in total. The Bertz CT molecular complexity index is 1440. The standard InChI is InChI=1S/C34H37Cl2N3O3/c1-23(40)39-21-28-20-29(33(31(22-39)37-28)34(41)38(2)17-16-24-7-4-3-5-8-24)26-12-10-25(11-13-26)9-6-18-42-32-15-14-27(35)19-30(32)36/h3-5,7-8,10-15,19,28,31,37H,6,9,16-18,20-22H2,1-2H3/t28?,31-/m1/s1. The average molecular weight is 607 g/mol. The monoisotopic (exact) mass is 605 g/mol. The first-order chi connectivity index (χ1) is 20.3. The summed E-state index contributed by atoms with van der Waals surface area (Å²) in [5.41, 5.74) is 5.32. The predicted molar refractivity (Wildman–Crippen MR) is 169 cm³/mol. The lowest BCUT2D eigenvalue weighted by atomic mass is 9.82. The van der Waals surface area contributed by atoms with Crippen LogP contribution in [0.25, 0.3) is 5.57 Å². The van der Waals surface area contributed by atoms with Gasteiger partial charge in [0.25, 0.3) is 5.91 Å². The van der Waals surface area contributed by atoms with Crippen LogP contribution in [0.1, 0.15) is 36.5 Å². The number of aryl methyl sites for hydroxylation is 1. The quantitative estimate of drug-likeness (QED) is 0.286. The maximum atomic E-state index is 14.0. The van der Waals surface area contributed by atoms with Gasteiger partial charge in [-0.3, -0.25) is 9.59 Å². The van der Waals surface area contributed by atoms with Crippen molar-refractivity contribution in [2.24, 2.45) is 0 Å². The highest BCUT2D eigenvalue weighted by Gasteiger charge is 2.39. The van der Waals surface area contributed by atoms with E-state index in [2.05, 4.69) is 41.7 Å². The zero-order chi connectivity index (χ0) is 29.6. The molecule has 2 bridgehead atoms. The van der Waals surface area contributed by atoms with Crippen molar-refractivity contribution in [1.29, 1.82) is 0 Å². The summed E-state index contributed by atoms with van der Waals surface area (Å²) in [4.78, 5) is 29.9. The molecule has 0 saturated carbocycles. The minimum absolute atomic E-state index is 0.0179. The fourth-order valence-electron chi connectivity index (χ4n) is 5.80. The summed E-state index contributed by atoms with van der Waals surface area (Å²) in [6.45, 7) is 3.92. The van der Waals surface area contributed by atoms with E-state index in [1.807, 2.05) is 35.0 Å². The molecular formula is C34H37Cl2N3O3. The van der Waals surface area contributed by atoms with Crippen LogP contribution >= 0.6 is 23.2 Å². The van der Waals surface area contributed by atoms with Crippen LogP contribution in [0, 0.1) is 0 Å². The highest BCUT2D eigenvalue weighted by atomic mass is 35.5. The average Bonchev–Trinajstić information content (AvgIpc) is 2.99. The Hall–Kier alpha value is -3.32. The molecule has 220 valence electrons. The second kappa shape index (κ2) is 13.8. The highest BCUT2D eigenvalue weighted by Crippen LogP contribution is 2.34. The van der Waals surface area contributed by atoms with Gasteiger partial charge in [0.05, 0.1) is 17.7 Å². The molecule has 0 aliphatic carbocycles. The van der Waals surface area contributed by atoms with Gasteiger partial charge in [-0.25, -0.2) is 0 Å². The van der Waals surface area contributed by atoms with Gasteiger partial charge in [0.2, 0.25) is 5.91 Å². The van der Waals surface area contributed by atoms with E-state index in [9.17, 15) is 9.59 Å². The molecule has 0 spiro atoms. The number of nitrogens with one attached hydrogen (secondary N) is 1. The van der Waals surface area contributed by atoms with Gasteiger partial charge in [-0.2, -0.15) is 0 Å². The summed E-state index contributed by atoms with van der Waals surface area (Å²) in [7, 11) is 1.87. The molecule has 1 fully saturated rings. The minimum atomic E-state index is -0.195. The van der Waals surface area contributed by atoms with Gasteiger partial charge >= 0.3 is 0 Å². The van der Waals surface area contributed by atoms with Crippen LogP contribution in [0.4, 0.5) is 0 Å². The summed E-state index contributed by atoms with van der Waals surface area (Å²) < 4.78 is 5.84. The van der Waals surface area contributed by atoms with Crippen molar-refractivity contribution in [3.05, 3.63) is 105 Å². The summed E-state index contributed by atoms with van der Waals surface area (Å²) in [5.74, 6) is 0.698. The number of piperazine rings is 1. The number of fused-ring (bicyclic) bond motifs is 2. The number of ether oxygens (including phenoxy) is 1. The minimum Gasteiger partial charge on any atom is -0.492 e. The maximum absolute atomic E-state index is 14.0. The smallest absolute Gasteiger partial charge is 0.251 e. The van der Waals surface area contributed by atoms with Crippen molar-refractivity contribution < 1.29 is 14.3 Å². The van der Waals surface area contributed by atoms with E-state index in [0.717, 1.165) is 36.0 Å². The Kier molecular flexibility index (Phi) is 9.88. The van der Waals surface area contributed by atoms with Gasteiger partial charge < -0.3 is 19.9 Å². The van der Waals surface area contributed by atoms with Crippen molar-refractivity contribution in [2.45, 2.75) is 44.7 Å². The molecule has 2 aliphatic heterocycles. The number of halogens is 2. The number of nitrogens with zero attached hydrogens (tertiary/aromatic N) is 2. The number of likely N-dealkylation sites (N-methyl/N-ethyl adjacent to an activating group) is 1. The second-order valence-electron chi connectivity index (χ2n) is 11.1. The van der Waals surface area contributed by atoms with Crippen LogP contribution in [0.2, 0.25) is 10.0 Å². The van der Waals surface area contributed by atoms with E-state index in [0.29, 0.717) is 48.5 Å². The molecule has 3 aromatic carbocycles. The lowest BCUT2D eigenvalue weighted by Gasteiger charge is -2.44. The molecule has 1 saturated heterocycles. The fourth-order valence-corrected chi connectivity index (χ4v) is 6.26. The molecule has 1 N–H and O–H groups in total. The lowest BCUT2D eigenvalue weighted by molar-refractivity contribution is -0.132. The lowest BCUT2D eigenvalue weighted by Crippen LogP contribution is -2.61. The molecule has 2 amide bonds. The van der Waals surface area contributed by atoms with E-state index in [4.69, 9.17) is 27.9 Å². The number of carbonyl (C=O) groups excluding carboxylic acids is 2. The van der Waals surface area contributed by atoms with Crippen LogP contribution in [-0.2, 0) is 22.4 Å². The van der Waals surface area contributed by atoms with Gasteiger partial charge in [-0.15, -0.1) is 0 Å². The molecule has 42 heavy (non-hydrogen) atoms. The molecule has 2 heterocycles. The van der Waals surface area contributed by atoms with Gasteiger partial charge in [-0.1, -0.05) is 77.8 Å². The van der Waals surface area contributed by atoms with E-state index in [1.54, 1.807) is 25.1 Å². The van der Waals surface area contributed by atoms with Crippen LogP contribution < -0.4 is 10.1 Å².